The largest absolute Gasteiger partial charge is 0.481 e. The number of ether oxygens (including phenoxy) is 1. The molecule has 1 spiro atoms. The third kappa shape index (κ3) is 3.50. The van der Waals surface area contributed by atoms with Crippen LogP contribution in [-0.2, 0) is 9.53 Å². The van der Waals surface area contributed by atoms with Crippen LogP contribution in [0.3, 0.4) is 0 Å². The lowest BCUT2D eigenvalue weighted by molar-refractivity contribution is -0.335. The molecule has 5 aliphatic carbocycles. The predicted octanol–water partition coefficient (Wildman–Crippen LogP) is 6.94. The zero-order chi connectivity index (χ0) is 30.6. The molecular weight excluding hydrogens is 528 g/mol. The number of unbranched alkanes of at least 4 members (excludes halogenated alkanes) is 3. The molecule has 6 nitrogen and oxygen atoms in total. The molecule has 5 saturated carbocycles. The SMILES string of the molecule is CCCCCCC12CCC3(C)C(CCC45COC(O)(CC(O)C34CO)C5C)C1(C)CCC1(C)CCC(C)(C(=O)O)CC12. The molecule has 6 aliphatic rings. The molecule has 42 heavy (non-hydrogen) atoms. The molecule has 4 N–H and O–H groups in total. The first kappa shape index (κ1) is 31.3. The molecule has 6 heteroatoms. The third-order valence-corrected chi connectivity index (χ3v) is 16.6. The Morgan fingerprint density at radius 2 is 1.57 bits per heavy atom. The molecule has 0 aromatic rings. The summed E-state index contributed by atoms with van der Waals surface area (Å²) in [4.78, 5) is 12.7. The molecule has 1 saturated heterocycles. The number of rotatable bonds is 7. The minimum Gasteiger partial charge on any atom is -0.481 e. The van der Waals surface area contributed by atoms with Gasteiger partial charge in [0.25, 0.3) is 0 Å². The lowest BCUT2D eigenvalue weighted by atomic mass is 9.26. The monoisotopic (exact) mass is 588 g/mol. The number of carboxylic acids is 1. The van der Waals surface area contributed by atoms with Gasteiger partial charge in [-0.3, -0.25) is 4.79 Å². The van der Waals surface area contributed by atoms with Gasteiger partial charge < -0.3 is 25.2 Å². The summed E-state index contributed by atoms with van der Waals surface area (Å²) in [6.07, 6.45) is 14.0. The van der Waals surface area contributed by atoms with Crippen molar-refractivity contribution in [1.29, 1.82) is 0 Å². The van der Waals surface area contributed by atoms with E-state index in [0.717, 1.165) is 64.2 Å². The summed E-state index contributed by atoms with van der Waals surface area (Å²) in [5, 5.41) is 45.4. The number of aliphatic carboxylic acids is 1. The number of hydrogen-bond donors (Lipinski definition) is 4. The van der Waals surface area contributed by atoms with Crippen LogP contribution in [0.4, 0.5) is 0 Å². The standard InChI is InChI=1S/C36H60O6/c1-7-8-9-10-12-33-19-18-32(6)25(11-13-34-23-42-36(41,24(34)2)21-27(38)35(32,34)22-37)31(33,5)17-16-29(3)14-15-30(4,28(39)40)20-26(29)33/h24-27,37-38,41H,7-23H2,1-6H3,(H,39,40). The van der Waals surface area contributed by atoms with E-state index in [1.54, 1.807) is 0 Å². The van der Waals surface area contributed by atoms with Crippen molar-refractivity contribution in [2.75, 3.05) is 13.2 Å². The number of aliphatic hydroxyl groups is 3. The molecule has 12 unspecified atom stereocenters. The van der Waals surface area contributed by atoms with Crippen molar-refractivity contribution in [3.63, 3.8) is 0 Å². The average Bonchev–Trinajstić information content (AvgIpc) is 3.11. The van der Waals surface area contributed by atoms with E-state index in [2.05, 4.69) is 34.6 Å². The van der Waals surface area contributed by atoms with Gasteiger partial charge in [-0.2, -0.15) is 0 Å². The highest BCUT2D eigenvalue weighted by molar-refractivity contribution is 5.74. The molecule has 0 aromatic heterocycles. The van der Waals surface area contributed by atoms with E-state index in [4.69, 9.17) is 4.74 Å². The summed E-state index contributed by atoms with van der Waals surface area (Å²) >= 11 is 0. The molecule has 6 fully saturated rings. The van der Waals surface area contributed by atoms with Crippen LogP contribution in [-0.4, -0.2) is 51.5 Å². The first-order chi connectivity index (χ1) is 19.6. The predicted molar refractivity (Wildman–Crippen MR) is 162 cm³/mol. The van der Waals surface area contributed by atoms with E-state index < -0.39 is 34.1 Å². The van der Waals surface area contributed by atoms with Crippen molar-refractivity contribution in [3.05, 3.63) is 0 Å². The Bertz CT molecular complexity index is 1090. The Morgan fingerprint density at radius 3 is 2.24 bits per heavy atom. The first-order valence-corrected chi connectivity index (χ1v) is 17.5. The van der Waals surface area contributed by atoms with Gasteiger partial charge in [0.05, 0.1) is 24.7 Å². The van der Waals surface area contributed by atoms with Gasteiger partial charge in [-0.25, -0.2) is 0 Å². The van der Waals surface area contributed by atoms with Gasteiger partial charge in [-0.1, -0.05) is 60.3 Å². The first-order valence-electron chi connectivity index (χ1n) is 17.5. The van der Waals surface area contributed by atoms with E-state index in [9.17, 15) is 25.2 Å². The van der Waals surface area contributed by atoms with Crippen molar-refractivity contribution < 1.29 is 30.0 Å². The fourth-order valence-electron chi connectivity index (χ4n) is 13.8. The van der Waals surface area contributed by atoms with E-state index >= 15 is 0 Å². The zero-order valence-corrected chi connectivity index (χ0v) is 27.4. The number of hydrogen-bond acceptors (Lipinski definition) is 5. The summed E-state index contributed by atoms with van der Waals surface area (Å²) in [6.45, 7) is 14.1. The molecule has 0 radical (unpaired) electrons. The maximum atomic E-state index is 12.7. The highest BCUT2D eigenvalue weighted by atomic mass is 16.6. The quantitative estimate of drug-likeness (QED) is 0.240. The fourth-order valence-corrected chi connectivity index (χ4v) is 13.8. The minimum atomic E-state index is -1.32. The van der Waals surface area contributed by atoms with Crippen LogP contribution in [0.2, 0.25) is 0 Å². The highest BCUT2D eigenvalue weighted by Crippen LogP contribution is 2.83. The van der Waals surface area contributed by atoms with Crippen LogP contribution >= 0.6 is 0 Å². The van der Waals surface area contributed by atoms with Crippen LogP contribution in [0.1, 0.15) is 138 Å². The van der Waals surface area contributed by atoms with Gasteiger partial charge in [0, 0.05) is 23.2 Å². The van der Waals surface area contributed by atoms with Gasteiger partial charge in [0.1, 0.15) is 0 Å². The lowest BCUT2D eigenvalue weighted by Gasteiger charge is -2.78. The maximum Gasteiger partial charge on any atom is 0.309 e. The van der Waals surface area contributed by atoms with Gasteiger partial charge in [-0.05, 0) is 105 Å². The van der Waals surface area contributed by atoms with Gasteiger partial charge in [0.15, 0.2) is 5.79 Å². The average molecular weight is 589 g/mol. The fraction of sp³-hybridized carbons (Fsp3) is 0.972. The van der Waals surface area contributed by atoms with Crippen LogP contribution < -0.4 is 0 Å². The molecule has 12 atom stereocenters. The maximum absolute atomic E-state index is 12.7. The molecule has 2 bridgehead atoms. The normalized spacial score (nSPS) is 56.6. The Morgan fingerprint density at radius 1 is 0.881 bits per heavy atom. The summed E-state index contributed by atoms with van der Waals surface area (Å²) in [5.41, 5.74) is -1.96. The molecule has 0 amide bonds. The lowest BCUT2D eigenvalue weighted by Crippen LogP contribution is -2.76. The topological polar surface area (TPSA) is 107 Å². The Labute approximate surface area is 254 Å². The minimum absolute atomic E-state index is 0.00685. The number of carbonyl (C=O) groups is 1. The van der Waals surface area contributed by atoms with Crippen molar-refractivity contribution in [3.8, 4) is 0 Å². The second kappa shape index (κ2) is 9.66. The van der Waals surface area contributed by atoms with Crippen LogP contribution in [0, 0.1) is 55.7 Å². The van der Waals surface area contributed by atoms with Gasteiger partial charge in [-0.15, -0.1) is 0 Å². The van der Waals surface area contributed by atoms with Crippen molar-refractivity contribution in [2.45, 2.75) is 150 Å². The second-order valence-electron chi connectivity index (χ2n) is 17.5. The van der Waals surface area contributed by atoms with E-state index in [1.807, 2.05) is 6.92 Å². The van der Waals surface area contributed by atoms with Crippen LogP contribution in [0.15, 0.2) is 0 Å². The molecule has 1 aliphatic heterocycles. The van der Waals surface area contributed by atoms with Gasteiger partial charge >= 0.3 is 5.97 Å². The molecule has 240 valence electrons. The third-order valence-electron chi connectivity index (χ3n) is 16.6. The van der Waals surface area contributed by atoms with E-state index in [1.165, 1.54) is 25.7 Å². The van der Waals surface area contributed by atoms with Crippen molar-refractivity contribution >= 4 is 5.97 Å². The Hall–Kier alpha value is -0.690. The highest BCUT2D eigenvalue weighted by Gasteiger charge is 2.81. The van der Waals surface area contributed by atoms with Crippen molar-refractivity contribution in [2.24, 2.45) is 55.7 Å². The Balaban J connectivity index is 1.48. The summed E-state index contributed by atoms with van der Waals surface area (Å²) in [5.74, 6) is -1.42. The van der Waals surface area contributed by atoms with Crippen LogP contribution in [0.25, 0.3) is 0 Å². The second-order valence-corrected chi connectivity index (χ2v) is 17.5. The van der Waals surface area contributed by atoms with E-state index in [-0.39, 0.29) is 40.6 Å². The number of carboxylic acid groups (broad SMARTS) is 1. The smallest absolute Gasteiger partial charge is 0.309 e. The zero-order valence-electron chi connectivity index (χ0n) is 27.4. The molecule has 0 aromatic carbocycles. The Kier molecular flexibility index (Phi) is 7.20. The van der Waals surface area contributed by atoms with E-state index in [0.29, 0.717) is 18.4 Å². The summed E-state index contributed by atoms with van der Waals surface area (Å²) in [6, 6.07) is 0. The van der Waals surface area contributed by atoms with Crippen LogP contribution in [0.5, 0.6) is 0 Å². The summed E-state index contributed by atoms with van der Waals surface area (Å²) < 4.78 is 6.14. The number of fused-ring (bicyclic) bond motifs is 7. The van der Waals surface area contributed by atoms with Gasteiger partial charge in [0.2, 0.25) is 0 Å². The van der Waals surface area contributed by atoms with Crippen molar-refractivity contribution in [1.82, 2.24) is 0 Å². The number of aliphatic hydroxyl groups excluding tert-OH is 2. The molecule has 1 heterocycles. The summed E-state index contributed by atoms with van der Waals surface area (Å²) in [7, 11) is 0. The molecular formula is C36H60O6. The molecule has 6 rings (SSSR count).